The van der Waals surface area contributed by atoms with Crippen molar-refractivity contribution in [3.63, 3.8) is 0 Å². The van der Waals surface area contributed by atoms with E-state index in [0.717, 1.165) is 26.7 Å². The van der Waals surface area contributed by atoms with Crippen LogP contribution in [0.15, 0.2) is 33.2 Å². The van der Waals surface area contributed by atoms with E-state index in [9.17, 15) is 0 Å². The number of fused-ring (bicyclic) bond motifs is 1. The third kappa shape index (κ3) is 2.61. The summed E-state index contributed by atoms with van der Waals surface area (Å²) in [6.07, 6.45) is 0.870. The van der Waals surface area contributed by atoms with E-state index >= 15 is 0 Å². The molecule has 2 atom stereocenters. The van der Waals surface area contributed by atoms with Gasteiger partial charge in [0, 0.05) is 36.7 Å². The lowest BCUT2D eigenvalue weighted by atomic mass is 9.97. The molecule has 0 amide bonds. The molecular formula is C14H13Br2NOS. The van der Waals surface area contributed by atoms with E-state index in [1.54, 1.807) is 11.3 Å². The average molecular weight is 403 g/mol. The van der Waals surface area contributed by atoms with E-state index in [1.807, 2.05) is 18.2 Å². The van der Waals surface area contributed by atoms with E-state index in [4.69, 9.17) is 10.5 Å². The number of rotatable bonds is 1. The maximum Gasteiger partial charge on any atom is 0.135 e. The van der Waals surface area contributed by atoms with Crippen molar-refractivity contribution >= 4 is 43.2 Å². The van der Waals surface area contributed by atoms with Gasteiger partial charge in [-0.25, -0.2) is 0 Å². The summed E-state index contributed by atoms with van der Waals surface area (Å²) in [7, 11) is 0. The van der Waals surface area contributed by atoms with E-state index in [0.29, 0.717) is 0 Å². The molecule has 100 valence electrons. The van der Waals surface area contributed by atoms with Crippen molar-refractivity contribution in [1.82, 2.24) is 0 Å². The van der Waals surface area contributed by atoms with Crippen LogP contribution in [0, 0.1) is 6.92 Å². The number of benzene rings is 1. The van der Waals surface area contributed by atoms with Crippen LogP contribution in [0.2, 0.25) is 0 Å². The second kappa shape index (κ2) is 5.20. The molecule has 0 fully saturated rings. The average Bonchev–Trinajstić information content (AvgIpc) is 2.70. The lowest BCUT2D eigenvalue weighted by Gasteiger charge is -2.29. The molecule has 1 aromatic carbocycles. The Hall–Kier alpha value is -0.360. The van der Waals surface area contributed by atoms with Gasteiger partial charge in [-0.05, 0) is 47.1 Å². The minimum absolute atomic E-state index is 0.0208. The Morgan fingerprint density at radius 1 is 1.32 bits per heavy atom. The summed E-state index contributed by atoms with van der Waals surface area (Å²) in [5.41, 5.74) is 7.36. The van der Waals surface area contributed by atoms with Crippen LogP contribution >= 0.6 is 43.2 Å². The molecule has 0 radical (unpaired) electrons. The summed E-state index contributed by atoms with van der Waals surface area (Å²) in [4.78, 5) is 2.50. The van der Waals surface area contributed by atoms with Crippen LogP contribution in [0.25, 0.3) is 0 Å². The number of aryl methyl sites for hydroxylation is 1. The first-order chi connectivity index (χ1) is 9.04. The van der Waals surface area contributed by atoms with Gasteiger partial charge in [0.15, 0.2) is 0 Å². The smallest absolute Gasteiger partial charge is 0.135 e. The molecule has 1 aliphatic rings. The molecule has 0 spiro atoms. The van der Waals surface area contributed by atoms with Gasteiger partial charge in [0.05, 0.1) is 0 Å². The molecule has 19 heavy (non-hydrogen) atoms. The fraction of sp³-hybridized carbons (Fsp3) is 0.286. The molecule has 3 rings (SSSR count). The van der Waals surface area contributed by atoms with Crippen molar-refractivity contribution in [2.75, 3.05) is 0 Å². The Morgan fingerprint density at radius 3 is 2.79 bits per heavy atom. The molecule has 2 nitrogen and oxygen atoms in total. The second-order valence-electron chi connectivity index (χ2n) is 4.68. The first kappa shape index (κ1) is 13.6. The van der Waals surface area contributed by atoms with Gasteiger partial charge in [-0.3, -0.25) is 0 Å². The Morgan fingerprint density at radius 2 is 2.11 bits per heavy atom. The standard InChI is InChI=1S/C14H13Br2NOS/c1-7-10(16)5-14(19-7)13-6-11(17)9-4-8(15)2-3-12(9)18-13/h2-5,11,13H,6,17H2,1H3/t11-,13?/m1/s1. The molecule has 1 aliphatic heterocycles. The SMILES string of the molecule is Cc1sc(C2C[C@@H](N)c3cc(Br)ccc3O2)cc1Br. The van der Waals surface area contributed by atoms with Crippen molar-refractivity contribution in [1.29, 1.82) is 0 Å². The lowest BCUT2D eigenvalue weighted by molar-refractivity contribution is 0.165. The number of nitrogens with two attached hydrogens (primary N) is 1. The highest BCUT2D eigenvalue weighted by atomic mass is 79.9. The zero-order chi connectivity index (χ0) is 13.6. The van der Waals surface area contributed by atoms with E-state index in [2.05, 4.69) is 44.8 Å². The number of hydrogen-bond acceptors (Lipinski definition) is 3. The van der Waals surface area contributed by atoms with Crippen molar-refractivity contribution in [2.24, 2.45) is 5.73 Å². The lowest BCUT2D eigenvalue weighted by Crippen LogP contribution is -2.23. The molecule has 0 aliphatic carbocycles. The first-order valence-corrected chi connectivity index (χ1v) is 8.42. The molecule has 1 aromatic heterocycles. The van der Waals surface area contributed by atoms with Gasteiger partial charge in [0.1, 0.15) is 11.9 Å². The molecule has 2 N–H and O–H groups in total. The molecular weight excluding hydrogens is 390 g/mol. The fourth-order valence-corrected chi connectivity index (χ4v) is 4.27. The molecule has 2 heterocycles. The topological polar surface area (TPSA) is 35.2 Å². The van der Waals surface area contributed by atoms with Crippen LogP contribution in [0.1, 0.15) is 33.9 Å². The predicted octanol–water partition coefficient (Wildman–Crippen LogP) is 5.11. The third-order valence-corrected chi connectivity index (χ3v) is 6.02. The first-order valence-electron chi connectivity index (χ1n) is 6.02. The number of thiophene rings is 1. The summed E-state index contributed by atoms with van der Waals surface area (Å²) in [6.45, 7) is 2.10. The quantitative estimate of drug-likeness (QED) is 0.719. The van der Waals surface area contributed by atoms with Crippen LogP contribution < -0.4 is 10.5 Å². The summed E-state index contributed by atoms with van der Waals surface area (Å²) in [5, 5.41) is 0. The zero-order valence-corrected chi connectivity index (χ0v) is 14.3. The van der Waals surface area contributed by atoms with Gasteiger partial charge in [0.2, 0.25) is 0 Å². The van der Waals surface area contributed by atoms with Crippen molar-refractivity contribution in [3.8, 4) is 5.75 Å². The summed E-state index contributed by atoms with van der Waals surface area (Å²) >= 11 is 8.80. The number of ether oxygens (including phenoxy) is 1. The normalized spacial score (nSPS) is 21.9. The van der Waals surface area contributed by atoms with Gasteiger partial charge in [-0.1, -0.05) is 15.9 Å². The van der Waals surface area contributed by atoms with Gasteiger partial charge in [0.25, 0.3) is 0 Å². The van der Waals surface area contributed by atoms with Gasteiger partial charge in [-0.15, -0.1) is 11.3 Å². The van der Waals surface area contributed by atoms with Crippen LogP contribution in [-0.2, 0) is 0 Å². The van der Waals surface area contributed by atoms with E-state index in [-0.39, 0.29) is 12.1 Å². The van der Waals surface area contributed by atoms with Gasteiger partial charge < -0.3 is 10.5 Å². The number of hydrogen-bond donors (Lipinski definition) is 1. The van der Waals surface area contributed by atoms with Crippen LogP contribution in [-0.4, -0.2) is 0 Å². The minimum Gasteiger partial charge on any atom is -0.484 e. The maximum absolute atomic E-state index is 6.28. The minimum atomic E-state index is 0.0208. The van der Waals surface area contributed by atoms with Crippen molar-refractivity contribution < 1.29 is 4.74 Å². The Kier molecular flexibility index (Phi) is 3.73. The highest BCUT2D eigenvalue weighted by Crippen LogP contribution is 2.43. The maximum atomic E-state index is 6.28. The van der Waals surface area contributed by atoms with Crippen LogP contribution in [0.5, 0.6) is 5.75 Å². The fourth-order valence-electron chi connectivity index (χ4n) is 2.29. The molecule has 0 saturated carbocycles. The molecule has 1 unspecified atom stereocenters. The predicted molar refractivity (Wildman–Crippen MR) is 85.8 cm³/mol. The van der Waals surface area contributed by atoms with Crippen molar-refractivity contribution in [3.05, 3.63) is 48.5 Å². The molecule has 0 bridgehead atoms. The molecule has 0 saturated heterocycles. The third-order valence-electron chi connectivity index (χ3n) is 3.30. The Balaban J connectivity index is 1.94. The highest BCUT2D eigenvalue weighted by molar-refractivity contribution is 9.10. The van der Waals surface area contributed by atoms with Crippen LogP contribution in [0.4, 0.5) is 0 Å². The summed E-state index contributed by atoms with van der Waals surface area (Å²) < 4.78 is 8.29. The van der Waals surface area contributed by atoms with E-state index < -0.39 is 0 Å². The van der Waals surface area contributed by atoms with Gasteiger partial charge in [-0.2, -0.15) is 0 Å². The van der Waals surface area contributed by atoms with Crippen molar-refractivity contribution in [2.45, 2.75) is 25.5 Å². The largest absolute Gasteiger partial charge is 0.484 e. The second-order valence-corrected chi connectivity index (χ2v) is 7.74. The summed E-state index contributed by atoms with van der Waals surface area (Å²) in [6, 6.07) is 8.18. The molecule has 5 heteroatoms. The highest BCUT2D eigenvalue weighted by Gasteiger charge is 2.28. The monoisotopic (exact) mass is 401 g/mol. The molecule has 2 aromatic rings. The van der Waals surface area contributed by atoms with Gasteiger partial charge >= 0.3 is 0 Å². The Bertz CT molecular complexity index is 606. The van der Waals surface area contributed by atoms with Crippen LogP contribution in [0.3, 0.4) is 0 Å². The summed E-state index contributed by atoms with van der Waals surface area (Å²) in [5.74, 6) is 0.897. The Labute approximate surface area is 133 Å². The van der Waals surface area contributed by atoms with E-state index in [1.165, 1.54) is 9.75 Å². The zero-order valence-electron chi connectivity index (χ0n) is 10.3. The number of halogens is 2.